The van der Waals surface area contributed by atoms with Gasteiger partial charge in [-0.3, -0.25) is 9.38 Å². The number of anilines is 1. The van der Waals surface area contributed by atoms with E-state index >= 15 is 0 Å². The Morgan fingerprint density at radius 3 is 2.96 bits per heavy atom. The maximum absolute atomic E-state index is 4.85. The number of hydrogen-bond donors (Lipinski definition) is 2. The van der Waals surface area contributed by atoms with E-state index in [1.165, 1.54) is 25.7 Å². The van der Waals surface area contributed by atoms with Gasteiger partial charge in [-0.25, -0.2) is 9.97 Å². The summed E-state index contributed by atoms with van der Waals surface area (Å²) in [4.78, 5) is 14.0. The lowest BCUT2D eigenvalue weighted by molar-refractivity contribution is 0.479. The number of nitrogens with zero attached hydrogens (tertiary/aromatic N) is 4. The standard InChI is InChI=1S/C20H24N6/c1-20(7-8-20)17-13-26-16(11-23-19(26)12-22-17)15-5-2-6-18(25-15)24-14-4-3-9-21-10-14/h2,5-6,11-14,21H,3-4,7-10H2,1H3,(H,24,25). The summed E-state index contributed by atoms with van der Waals surface area (Å²) in [7, 11) is 0. The highest BCUT2D eigenvalue weighted by Gasteiger charge is 2.40. The van der Waals surface area contributed by atoms with Crippen LogP contribution in [0.15, 0.2) is 36.8 Å². The van der Waals surface area contributed by atoms with E-state index in [0.29, 0.717) is 6.04 Å². The summed E-state index contributed by atoms with van der Waals surface area (Å²) in [6, 6.07) is 6.59. The molecule has 1 atom stereocenters. The molecule has 1 saturated carbocycles. The Labute approximate surface area is 153 Å². The highest BCUT2D eigenvalue weighted by Crippen LogP contribution is 2.46. The van der Waals surface area contributed by atoms with Crippen molar-refractivity contribution in [3.05, 3.63) is 42.5 Å². The predicted molar refractivity (Wildman–Crippen MR) is 102 cm³/mol. The Bertz CT molecular complexity index is 936. The van der Waals surface area contributed by atoms with E-state index in [1.807, 2.05) is 24.5 Å². The van der Waals surface area contributed by atoms with Gasteiger partial charge in [-0.1, -0.05) is 13.0 Å². The van der Waals surface area contributed by atoms with E-state index < -0.39 is 0 Å². The molecule has 1 unspecified atom stereocenters. The Balaban J connectivity index is 1.48. The van der Waals surface area contributed by atoms with Crippen LogP contribution in [0.2, 0.25) is 0 Å². The average Bonchev–Trinajstić information content (AvgIpc) is 3.28. The number of rotatable bonds is 4. The van der Waals surface area contributed by atoms with Gasteiger partial charge >= 0.3 is 0 Å². The third-order valence-electron chi connectivity index (χ3n) is 5.67. The molecule has 1 aliphatic carbocycles. The second kappa shape index (κ2) is 6.06. The SMILES string of the molecule is CC1(c2cn3c(-c4cccc(NC5CCCNC5)n4)cnc3cn2)CC1. The summed E-state index contributed by atoms with van der Waals surface area (Å²) in [5.41, 5.74) is 4.19. The second-order valence-corrected chi connectivity index (χ2v) is 7.80. The van der Waals surface area contributed by atoms with Crippen molar-refractivity contribution in [2.75, 3.05) is 18.4 Å². The molecule has 2 N–H and O–H groups in total. The molecular formula is C20H24N6. The minimum Gasteiger partial charge on any atom is -0.366 e. The van der Waals surface area contributed by atoms with Crippen molar-refractivity contribution in [1.29, 1.82) is 0 Å². The van der Waals surface area contributed by atoms with Crippen LogP contribution >= 0.6 is 0 Å². The van der Waals surface area contributed by atoms with Crippen molar-refractivity contribution in [3.63, 3.8) is 0 Å². The van der Waals surface area contributed by atoms with E-state index in [1.54, 1.807) is 0 Å². The molecule has 6 heteroatoms. The van der Waals surface area contributed by atoms with Gasteiger partial charge in [-0.15, -0.1) is 0 Å². The van der Waals surface area contributed by atoms with E-state index in [2.05, 4.69) is 44.2 Å². The van der Waals surface area contributed by atoms with Gasteiger partial charge in [0.05, 0.1) is 29.5 Å². The zero-order valence-electron chi connectivity index (χ0n) is 15.1. The molecule has 2 fully saturated rings. The van der Waals surface area contributed by atoms with Gasteiger partial charge in [0, 0.05) is 24.2 Å². The third-order valence-corrected chi connectivity index (χ3v) is 5.67. The first-order valence-corrected chi connectivity index (χ1v) is 9.50. The summed E-state index contributed by atoms with van der Waals surface area (Å²) in [5.74, 6) is 0.926. The fraction of sp³-hybridized carbons (Fsp3) is 0.450. The maximum atomic E-state index is 4.85. The fourth-order valence-electron chi connectivity index (χ4n) is 3.68. The molecule has 2 aliphatic rings. The fourth-order valence-corrected chi connectivity index (χ4v) is 3.68. The predicted octanol–water partition coefficient (Wildman–Crippen LogP) is 3.01. The van der Waals surface area contributed by atoms with Crippen LogP contribution in [0, 0.1) is 0 Å². The largest absolute Gasteiger partial charge is 0.366 e. The van der Waals surface area contributed by atoms with Crippen molar-refractivity contribution >= 4 is 11.5 Å². The van der Waals surface area contributed by atoms with E-state index in [9.17, 15) is 0 Å². The number of piperidine rings is 1. The molecule has 1 saturated heterocycles. The summed E-state index contributed by atoms with van der Waals surface area (Å²) in [5, 5.41) is 7.00. The highest BCUT2D eigenvalue weighted by molar-refractivity contribution is 5.61. The molecule has 6 nitrogen and oxygen atoms in total. The molecule has 0 radical (unpaired) electrons. The van der Waals surface area contributed by atoms with E-state index in [0.717, 1.165) is 41.6 Å². The lowest BCUT2D eigenvalue weighted by atomic mass is 10.1. The second-order valence-electron chi connectivity index (χ2n) is 7.80. The number of imidazole rings is 1. The molecule has 0 spiro atoms. The minimum absolute atomic E-state index is 0.237. The van der Waals surface area contributed by atoms with Crippen LogP contribution in [0.3, 0.4) is 0 Å². The van der Waals surface area contributed by atoms with Crippen LogP contribution in [0.25, 0.3) is 17.0 Å². The molecule has 3 aromatic rings. The topological polar surface area (TPSA) is 67.1 Å². The highest BCUT2D eigenvalue weighted by atomic mass is 15.1. The molecule has 0 amide bonds. The van der Waals surface area contributed by atoms with Gasteiger partial charge < -0.3 is 10.6 Å². The first kappa shape index (κ1) is 15.8. The number of aromatic nitrogens is 4. The van der Waals surface area contributed by atoms with Gasteiger partial charge in [0.15, 0.2) is 5.65 Å². The van der Waals surface area contributed by atoms with Crippen LogP contribution < -0.4 is 10.6 Å². The van der Waals surface area contributed by atoms with Crippen molar-refractivity contribution in [2.45, 2.75) is 44.1 Å². The van der Waals surface area contributed by atoms with Crippen molar-refractivity contribution in [1.82, 2.24) is 24.7 Å². The number of pyridine rings is 1. The summed E-state index contributed by atoms with van der Waals surface area (Å²) < 4.78 is 2.13. The Kier molecular flexibility index (Phi) is 3.67. The average molecular weight is 348 g/mol. The van der Waals surface area contributed by atoms with Crippen molar-refractivity contribution in [2.24, 2.45) is 0 Å². The first-order valence-electron chi connectivity index (χ1n) is 9.50. The Morgan fingerprint density at radius 1 is 1.23 bits per heavy atom. The molecule has 5 rings (SSSR count). The normalized spacial score (nSPS) is 21.7. The van der Waals surface area contributed by atoms with E-state index in [4.69, 9.17) is 4.98 Å². The first-order chi connectivity index (χ1) is 12.7. The number of hydrogen-bond acceptors (Lipinski definition) is 5. The molecule has 4 heterocycles. The van der Waals surface area contributed by atoms with E-state index in [-0.39, 0.29) is 5.41 Å². The Morgan fingerprint density at radius 2 is 2.15 bits per heavy atom. The minimum atomic E-state index is 0.237. The lowest BCUT2D eigenvalue weighted by Crippen LogP contribution is -2.38. The zero-order valence-corrected chi connectivity index (χ0v) is 15.1. The van der Waals surface area contributed by atoms with Gasteiger partial charge in [-0.2, -0.15) is 0 Å². The van der Waals surface area contributed by atoms with Crippen LogP contribution in [0.1, 0.15) is 38.3 Å². The summed E-state index contributed by atoms with van der Waals surface area (Å²) >= 11 is 0. The number of nitrogens with one attached hydrogen (secondary N) is 2. The van der Waals surface area contributed by atoms with Gasteiger partial charge in [0.2, 0.25) is 0 Å². The number of fused-ring (bicyclic) bond motifs is 1. The quantitative estimate of drug-likeness (QED) is 0.759. The van der Waals surface area contributed by atoms with Crippen LogP contribution in [-0.2, 0) is 5.41 Å². The van der Waals surface area contributed by atoms with Crippen molar-refractivity contribution in [3.8, 4) is 11.4 Å². The van der Waals surface area contributed by atoms with Crippen LogP contribution in [0.5, 0.6) is 0 Å². The lowest BCUT2D eigenvalue weighted by Gasteiger charge is -2.24. The van der Waals surface area contributed by atoms with Gasteiger partial charge in [-0.05, 0) is 44.4 Å². The third kappa shape index (κ3) is 2.84. The molecule has 0 aromatic carbocycles. The molecule has 1 aliphatic heterocycles. The van der Waals surface area contributed by atoms with Gasteiger partial charge in [0.25, 0.3) is 0 Å². The molecule has 3 aromatic heterocycles. The molecule has 0 bridgehead atoms. The molecule has 134 valence electrons. The molecular weight excluding hydrogens is 324 g/mol. The summed E-state index contributed by atoms with van der Waals surface area (Å²) in [6.07, 6.45) is 10.7. The Hall–Kier alpha value is -2.47. The smallest absolute Gasteiger partial charge is 0.155 e. The summed E-state index contributed by atoms with van der Waals surface area (Å²) in [6.45, 7) is 4.39. The van der Waals surface area contributed by atoms with Crippen LogP contribution in [0.4, 0.5) is 5.82 Å². The molecule has 26 heavy (non-hydrogen) atoms. The maximum Gasteiger partial charge on any atom is 0.155 e. The zero-order chi connectivity index (χ0) is 17.6. The van der Waals surface area contributed by atoms with Crippen LogP contribution in [-0.4, -0.2) is 38.5 Å². The van der Waals surface area contributed by atoms with Gasteiger partial charge in [0.1, 0.15) is 5.82 Å². The monoisotopic (exact) mass is 348 g/mol. The van der Waals surface area contributed by atoms with Crippen molar-refractivity contribution < 1.29 is 0 Å².